The molecule has 3 heteroatoms. The van der Waals surface area contributed by atoms with Crippen LogP contribution < -0.4 is 9.47 Å². The van der Waals surface area contributed by atoms with Crippen LogP contribution in [0.1, 0.15) is 0 Å². The topological polar surface area (TPSA) is 21.7 Å². The second-order valence-corrected chi connectivity index (χ2v) is 3.86. The van der Waals surface area contributed by atoms with E-state index >= 15 is 0 Å². The monoisotopic (exact) mass is 247 g/mol. The summed E-state index contributed by atoms with van der Waals surface area (Å²) in [5.74, 6) is 1.63. The fraction of sp³-hybridized carbons (Fsp3) is 0.333. The highest BCUT2D eigenvalue weighted by Crippen LogP contribution is 2.18. The van der Waals surface area contributed by atoms with E-state index in [1.54, 1.807) is 7.11 Å². The van der Waals surface area contributed by atoms with E-state index in [0.29, 0.717) is 6.61 Å². The van der Waals surface area contributed by atoms with Gasteiger partial charge in [-0.3, -0.25) is 4.90 Å². The molecule has 0 heterocycles. The molecule has 0 unspecified atom stereocenters. The summed E-state index contributed by atoms with van der Waals surface area (Å²) in [5.41, 5.74) is 0. The number of hydrogen-bond acceptors (Lipinski definition) is 3. The molecule has 1 aromatic rings. The molecule has 1 rings (SSSR count). The first-order valence-electron chi connectivity index (χ1n) is 6.01. The van der Waals surface area contributed by atoms with Crippen molar-refractivity contribution in [2.75, 3.05) is 33.4 Å². The lowest BCUT2D eigenvalue weighted by atomic mass is 10.3. The summed E-state index contributed by atoms with van der Waals surface area (Å²) >= 11 is 0. The lowest BCUT2D eigenvalue weighted by molar-refractivity contribution is 0.236. The summed E-state index contributed by atoms with van der Waals surface area (Å²) < 4.78 is 10.8. The van der Waals surface area contributed by atoms with Crippen molar-refractivity contribution in [3.05, 3.63) is 49.6 Å². The minimum absolute atomic E-state index is 0.634. The minimum Gasteiger partial charge on any atom is -0.497 e. The van der Waals surface area contributed by atoms with Crippen LogP contribution in [0.15, 0.2) is 49.6 Å². The van der Waals surface area contributed by atoms with E-state index in [-0.39, 0.29) is 0 Å². The Hall–Kier alpha value is -1.74. The Labute approximate surface area is 109 Å². The lowest BCUT2D eigenvalue weighted by Crippen LogP contribution is -2.28. The van der Waals surface area contributed by atoms with E-state index < -0.39 is 0 Å². The predicted octanol–water partition coefficient (Wildman–Crippen LogP) is 2.75. The van der Waals surface area contributed by atoms with Gasteiger partial charge in [0.15, 0.2) is 0 Å². The summed E-state index contributed by atoms with van der Waals surface area (Å²) in [6.07, 6.45) is 3.77. The summed E-state index contributed by atoms with van der Waals surface area (Å²) in [4.78, 5) is 2.21. The van der Waals surface area contributed by atoms with Crippen molar-refractivity contribution in [2.45, 2.75) is 0 Å². The third kappa shape index (κ3) is 5.06. The number of benzene rings is 1. The van der Waals surface area contributed by atoms with Crippen LogP contribution in [0, 0.1) is 0 Å². The van der Waals surface area contributed by atoms with Crippen molar-refractivity contribution in [1.29, 1.82) is 0 Å². The van der Waals surface area contributed by atoms with Gasteiger partial charge in [0.25, 0.3) is 0 Å². The fourth-order valence-corrected chi connectivity index (χ4v) is 1.61. The molecule has 0 aliphatic carbocycles. The van der Waals surface area contributed by atoms with Crippen LogP contribution in [0.5, 0.6) is 11.5 Å². The van der Waals surface area contributed by atoms with E-state index in [4.69, 9.17) is 9.47 Å². The molecule has 0 radical (unpaired) electrons. The molecule has 98 valence electrons. The Morgan fingerprint density at radius 2 is 1.83 bits per heavy atom. The van der Waals surface area contributed by atoms with Crippen LogP contribution in [0.4, 0.5) is 0 Å². The van der Waals surface area contributed by atoms with Gasteiger partial charge in [0, 0.05) is 25.7 Å². The maximum absolute atomic E-state index is 5.68. The Balaban J connectivity index is 2.38. The second kappa shape index (κ2) is 8.37. The molecule has 0 spiro atoms. The molecule has 0 saturated carbocycles. The van der Waals surface area contributed by atoms with Crippen LogP contribution in [-0.2, 0) is 0 Å². The van der Waals surface area contributed by atoms with Gasteiger partial charge in [-0.05, 0) is 12.1 Å². The standard InChI is InChI=1S/C15H21NO2/c1-4-9-16(10-5-2)11-12-18-15-8-6-7-14(13-15)17-3/h4-8,13H,1-2,9-12H2,3H3. The quantitative estimate of drug-likeness (QED) is 0.626. The van der Waals surface area contributed by atoms with Gasteiger partial charge in [0.05, 0.1) is 7.11 Å². The molecule has 0 N–H and O–H groups in total. The first-order chi connectivity index (χ1) is 8.80. The van der Waals surface area contributed by atoms with Crippen LogP contribution in [-0.4, -0.2) is 38.3 Å². The lowest BCUT2D eigenvalue weighted by Gasteiger charge is -2.18. The highest BCUT2D eigenvalue weighted by molar-refractivity contribution is 5.32. The van der Waals surface area contributed by atoms with Gasteiger partial charge in [0.1, 0.15) is 18.1 Å². The maximum atomic E-state index is 5.68. The van der Waals surface area contributed by atoms with Crippen LogP contribution in [0.25, 0.3) is 0 Å². The molecule has 0 saturated heterocycles. The Bertz CT molecular complexity index is 367. The number of nitrogens with zero attached hydrogens (tertiary/aromatic N) is 1. The van der Waals surface area contributed by atoms with Crippen molar-refractivity contribution in [3.63, 3.8) is 0 Å². The van der Waals surface area contributed by atoms with Gasteiger partial charge < -0.3 is 9.47 Å². The van der Waals surface area contributed by atoms with E-state index in [2.05, 4.69) is 18.1 Å². The molecule has 0 aliphatic heterocycles. The zero-order valence-corrected chi connectivity index (χ0v) is 11.0. The zero-order valence-electron chi connectivity index (χ0n) is 11.0. The highest BCUT2D eigenvalue weighted by Gasteiger charge is 2.01. The van der Waals surface area contributed by atoms with Gasteiger partial charge in [-0.25, -0.2) is 0 Å². The maximum Gasteiger partial charge on any atom is 0.123 e. The first kappa shape index (κ1) is 14.3. The smallest absolute Gasteiger partial charge is 0.123 e. The molecule has 0 aliphatic rings. The highest BCUT2D eigenvalue weighted by atomic mass is 16.5. The molecule has 0 amide bonds. The van der Waals surface area contributed by atoms with Crippen LogP contribution in [0.3, 0.4) is 0 Å². The number of ether oxygens (including phenoxy) is 2. The van der Waals surface area contributed by atoms with Crippen LogP contribution in [0.2, 0.25) is 0 Å². The molecular weight excluding hydrogens is 226 g/mol. The van der Waals surface area contributed by atoms with E-state index in [9.17, 15) is 0 Å². The first-order valence-corrected chi connectivity index (χ1v) is 6.01. The van der Waals surface area contributed by atoms with Crippen molar-refractivity contribution in [3.8, 4) is 11.5 Å². The van der Waals surface area contributed by atoms with Crippen molar-refractivity contribution >= 4 is 0 Å². The molecular formula is C15H21NO2. The van der Waals surface area contributed by atoms with Crippen molar-refractivity contribution < 1.29 is 9.47 Å². The average Bonchev–Trinajstić information content (AvgIpc) is 2.39. The normalized spacial score (nSPS) is 10.1. The van der Waals surface area contributed by atoms with E-state index in [0.717, 1.165) is 31.1 Å². The molecule has 0 aromatic heterocycles. The molecule has 18 heavy (non-hydrogen) atoms. The summed E-state index contributed by atoms with van der Waals surface area (Å²) in [7, 11) is 1.65. The van der Waals surface area contributed by atoms with Gasteiger partial charge in [-0.1, -0.05) is 18.2 Å². The van der Waals surface area contributed by atoms with Gasteiger partial charge in [-0.15, -0.1) is 13.2 Å². The summed E-state index contributed by atoms with van der Waals surface area (Å²) in [6, 6.07) is 7.62. The predicted molar refractivity (Wildman–Crippen MR) is 75.3 cm³/mol. The minimum atomic E-state index is 0.634. The molecule has 0 fully saturated rings. The number of rotatable bonds is 9. The average molecular weight is 247 g/mol. The van der Waals surface area contributed by atoms with Gasteiger partial charge in [0.2, 0.25) is 0 Å². The SMILES string of the molecule is C=CCN(CC=C)CCOc1cccc(OC)c1. The fourth-order valence-electron chi connectivity index (χ4n) is 1.61. The Morgan fingerprint density at radius 3 is 2.44 bits per heavy atom. The van der Waals surface area contributed by atoms with Crippen LogP contribution >= 0.6 is 0 Å². The van der Waals surface area contributed by atoms with E-state index in [1.807, 2.05) is 36.4 Å². The van der Waals surface area contributed by atoms with Gasteiger partial charge in [-0.2, -0.15) is 0 Å². The second-order valence-electron chi connectivity index (χ2n) is 3.86. The van der Waals surface area contributed by atoms with Gasteiger partial charge >= 0.3 is 0 Å². The number of methoxy groups -OCH3 is 1. The van der Waals surface area contributed by atoms with Crippen molar-refractivity contribution in [1.82, 2.24) is 4.90 Å². The summed E-state index contributed by atoms with van der Waals surface area (Å²) in [6.45, 7) is 10.6. The molecule has 1 aromatic carbocycles. The largest absolute Gasteiger partial charge is 0.497 e. The molecule has 0 atom stereocenters. The molecule has 3 nitrogen and oxygen atoms in total. The third-order valence-electron chi connectivity index (χ3n) is 2.49. The Morgan fingerprint density at radius 1 is 1.17 bits per heavy atom. The molecule has 0 bridgehead atoms. The number of hydrogen-bond donors (Lipinski definition) is 0. The van der Waals surface area contributed by atoms with E-state index in [1.165, 1.54) is 0 Å². The van der Waals surface area contributed by atoms with Crippen molar-refractivity contribution in [2.24, 2.45) is 0 Å². The zero-order chi connectivity index (χ0) is 13.2. The summed E-state index contributed by atoms with van der Waals surface area (Å²) in [5, 5.41) is 0. The third-order valence-corrected chi connectivity index (χ3v) is 2.49. The Kier molecular flexibility index (Phi) is 6.66.